The number of nitrogens with one attached hydrogen (secondary N) is 1. The van der Waals surface area contributed by atoms with E-state index in [1.54, 1.807) is 12.3 Å². The summed E-state index contributed by atoms with van der Waals surface area (Å²) < 4.78 is 5.46. The zero-order chi connectivity index (χ0) is 12.8. The molecular weight excluding hydrogens is 228 g/mol. The molecule has 1 amide bonds. The fourth-order valence-electron chi connectivity index (χ4n) is 1.54. The van der Waals surface area contributed by atoms with Gasteiger partial charge in [-0.2, -0.15) is 0 Å². The van der Waals surface area contributed by atoms with Crippen LogP contribution in [0.15, 0.2) is 36.5 Å². The Morgan fingerprint density at radius 1 is 1.39 bits per heavy atom. The van der Waals surface area contributed by atoms with Gasteiger partial charge in [0, 0.05) is 11.6 Å². The first-order chi connectivity index (χ1) is 8.81. The molecule has 18 heavy (non-hydrogen) atoms. The molecule has 0 aliphatic rings. The fraction of sp³-hybridized carbons (Fsp3) is 0.143. The highest BCUT2D eigenvalue weighted by Gasteiger charge is 2.05. The molecule has 4 nitrogen and oxygen atoms in total. The van der Waals surface area contributed by atoms with Crippen LogP contribution in [0, 0.1) is 12.3 Å². The van der Waals surface area contributed by atoms with Gasteiger partial charge >= 0.3 is 0 Å². The number of fused-ring (bicyclic) bond motifs is 1. The third-order valence-corrected chi connectivity index (χ3v) is 2.35. The van der Waals surface area contributed by atoms with E-state index in [-0.39, 0.29) is 19.1 Å². The maximum Gasteiger partial charge on any atom is 0.258 e. The largest absolute Gasteiger partial charge is 0.483 e. The van der Waals surface area contributed by atoms with Crippen molar-refractivity contribution in [1.29, 1.82) is 0 Å². The summed E-state index contributed by atoms with van der Waals surface area (Å²) in [4.78, 5) is 15.6. The lowest BCUT2D eigenvalue weighted by Crippen LogP contribution is -2.29. The van der Waals surface area contributed by atoms with Crippen LogP contribution in [-0.4, -0.2) is 24.0 Å². The van der Waals surface area contributed by atoms with Crippen molar-refractivity contribution >= 4 is 16.8 Å². The lowest BCUT2D eigenvalue weighted by Gasteiger charge is -2.08. The van der Waals surface area contributed by atoms with Crippen LogP contribution in [0.4, 0.5) is 0 Å². The first kappa shape index (κ1) is 11.9. The summed E-state index contributed by atoms with van der Waals surface area (Å²) in [5, 5.41) is 3.41. The summed E-state index contributed by atoms with van der Waals surface area (Å²) in [6, 6.07) is 9.26. The summed E-state index contributed by atoms with van der Waals surface area (Å²) in [7, 11) is 0. The Hall–Kier alpha value is -2.54. The number of terminal acetylenes is 1. The van der Waals surface area contributed by atoms with E-state index < -0.39 is 0 Å². The van der Waals surface area contributed by atoms with Crippen molar-refractivity contribution in [3.05, 3.63) is 36.5 Å². The van der Waals surface area contributed by atoms with Crippen LogP contribution in [0.3, 0.4) is 0 Å². The number of ether oxygens (including phenoxy) is 1. The van der Waals surface area contributed by atoms with Gasteiger partial charge in [0.1, 0.15) is 5.75 Å². The number of hydrogen-bond donors (Lipinski definition) is 1. The van der Waals surface area contributed by atoms with Crippen LogP contribution in [0.5, 0.6) is 5.75 Å². The molecule has 1 heterocycles. The van der Waals surface area contributed by atoms with Crippen molar-refractivity contribution in [2.45, 2.75) is 0 Å². The van der Waals surface area contributed by atoms with Crippen molar-refractivity contribution in [2.75, 3.05) is 13.2 Å². The summed E-state index contributed by atoms with van der Waals surface area (Å²) in [6.07, 6.45) is 6.76. The molecule has 0 aliphatic carbocycles. The van der Waals surface area contributed by atoms with Crippen molar-refractivity contribution in [2.24, 2.45) is 0 Å². The number of amides is 1. The Bertz CT molecular complexity index is 597. The monoisotopic (exact) mass is 240 g/mol. The van der Waals surface area contributed by atoms with Gasteiger partial charge in [0.2, 0.25) is 0 Å². The molecular formula is C14H12N2O2. The lowest BCUT2D eigenvalue weighted by atomic mass is 10.2. The number of nitrogens with zero attached hydrogens (tertiary/aromatic N) is 1. The molecule has 0 bridgehead atoms. The maximum atomic E-state index is 11.4. The second kappa shape index (κ2) is 5.69. The Balaban J connectivity index is 2.08. The van der Waals surface area contributed by atoms with Gasteiger partial charge in [0.15, 0.2) is 6.61 Å². The number of carbonyl (C=O) groups is 1. The van der Waals surface area contributed by atoms with E-state index >= 15 is 0 Å². The minimum atomic E-state index is -0.242. The highest BCUT2D eigenvalue weighted by Crippen LogP contribution is 2.23. The third kappa shape index (κ3) is 2.77. The molecule has 0 saturated heterocycles. The van der Waals surface area contributed by atoms with E-state index in [1.165, 1.54) is 0 Å². The van der Waals surface area contributed by atoms with Crippen molar-refractivity contribution in [3.63, 3.8) is 0 Å². The smallest absolute Gasteiger partial charge is 0.258 e. The first-order valence-electron chi connectivity index (χ1n) is 5.48. The summed E-state index contributed by atoms with van der Waals surface area (Å²) >= 11 is 0. The molecule has 2 aromatic rings. The van der Waals surface area contributed by atoms with Gasteiger partial charge < -0.3 is 10.1 Å². The molecule has 0 spiro atoms. The molecule has 1 aromatic carbocycles. The normalized spacial score (nSPS) is 9.72. The number of carbonyl (C=O) groups excluding carboxylic acids is 1. The average Bonchev–Trinajstić information content (AvgIpc) is 2.42. The SMILES string of the molecule is C#CCNC(=O)COc1cccc2ncccc12. The highest BCUT2D eigenvalue weighted by molar-refractivity contribution is 5.85. The average molecular weight is 240 g/mol. The predicted molar refractivity (Wildman–Crippen MR) is 69.1 cm³/mol. The van der Waals surface area contributed by atoms with E-state index in [0.717, 1.165) is 10.9 Å². The van der Waals surface area contributed by atoms with E-state index in [2.05, 4.69) is 16.2 Å². The number of pyridine rings is 1. The second-order valence-corrected chi connectivity index (χ2v) is 3.60. The Morgan fingerprint density at radius 2 is 2.28 bits per heavy atom. The molecule has 1 N–H and O–H groups in total. The third-order valence-electron chi connectivity index (χ3n) is 2.35. The Morgan fingerprint density at radius 3 is 3.11 bits per heavy atom. The number of benzene rings is 1. The molecule has 0 atom stereocenters. The lowest BCUT2D eigenvalue weighted by molar-refractivity contribution is -0.122. The van der Waals surface area contributed by atoms with E-state index in [9.17, 15) is 4.79 Å². The fourth-order valence-corrected chi connectivity index (χ4v) is 1.54. The van der Waals surface area contributed by atoms with Gasteiger partial charge in [0.25, 0.3) is 5.91 Å². The van der Waals surface area contributed by atoms with Crippen LogP contribution in [0.25, 0.3) is 10.9 Å². The first-order valence-corrected chi connectivity index (χ1v) is 5.48. The van der Waals surface area contributed by atoms with Crippen molar-refractivity contribution < 1.29 is 9.53 Å². The Labute approximate surface area is 105 Å². The quantitative estimate of drug-likeness (QED) is 0.821. The van der Waals surface area contributed by atoms with Gasteiger partial charge in [-0.25, -0.2) is 0 Å². The zero-order valence-electron chi connectivity index (χ0n) is 9.72. The number of aromatic nitrogens is 1. The topological polar surface area (TPSA) is 51.2 Å². The van der Waals surface area contributed by atoms with Crippen molar-refractivity contribution in [1.82, 2.24) is 10.3 Å². The summed E-state index contributed by atoms with van der Waals surface area (Å²) in [6.45, 7) is 0.148. The molecule has 4 heteroatoms. The maximum absolute atomic E-state index is 11.4. The molecule has 0 fully saturated rings. The summed E-state index contributed by atoms with van der Waals surface area (Å²) in [5.74, 6) is 2.72. The minimum absolute atomic E-state index is 0.0598. The standard InChI is InChI=1S/C14H12N2O2/c1-2-8-16-14(17)10-18-13-7-3-6-12-11(13)5-4-9-15-12/h1,3-7,9H,8,10H2,(H,16,17). The number of hydrogen-bond acceptors (Lipinski definition) is 3. The molecule has 0 saturated carbocycles. The minimum Gasteiger partial charge on any atom is -0.483 e. The van der Waals surface area contributed by atoms with Crippen LogP contribution in [-0.2, 0) is 4.79 Å². The van der Waals surface area contributed by atoms with Crippen LogP contribution in [0.2, 0.25) is 0 Å². The van der Waals surface area contributed by atoms with Gasteiger partial charge in [-0.3, -0.25) is 9.78 Å². The molecule has 0 aliphatic heterocycles. The van der Waals surface area contributed by atoms with E-state index in [1.807, 2.05) is 24.3 Å². The van der Waals surface area contributed by atoms with Crippen LogP contribution in [0.1, 0.15) is 0 Å². The van der Waals surface area contributed by atoms with E-state index in [0.29, 0.717) is 5.75 Å². The second-order valence-electron chi connectivity index (χ2n) is 3.60. The van der Waals surface area contributed by atoms with Gasteiger partial charge in [-0.15, -0.1) is 6.42 Å². The van der Waals surface area contributed by atoms with Gasteiger partial charge in [-0.1, -0.05) is 12.0 Å². The molecule has 0 unspecified atom stereocenters. The zero-order valence-corrected chi connectivity index (χ0v) is 9.72. The van der Waals surface area contributed by atoms with Crippen molar-refractivity contribution in [3.8, 4) is 18.1 Å². The van der Waals surface area contributed by atoms with Gasteiger partial charge in [-0.05, 0) is 24.3 Å². The van der Waals surface area contributed by atoms with Crippen LogP contribution >= 0.6 is 0 Å². The number of rotatable bonds is 4. The predicted octanol–water partition coefficient (Wildman–Crippen LogP) is 1.36. The summed E-state index contributed by atoms with van der Waals surface area (Å²) in [5.41, 5.74) is 0.832. The van der Waals surface area contributed by atoms with Crippen LogP contribution < -0.4 is 10.1 Å². The van der Waals surface area contributed by atoms with Gasteiger partial charge in [0.05, 0.1) is 12.1 Å². The van der Waals surface area contributed by atoms with E-state index in [4.69, 9.17) is 11.2 Å². The Kier molecular flexibility index (Phi) is 3.77. The molecule has 0 radical (unpaired) electrons. The molecule has 2 rings (SSSR count). The molecule has 1 aromatic heterocycles. The molecule has 90 valence electrons. The highest BCUT2D eigenvalue weighted by atomic mass is 16.5.